The molecule has 0 bridgehead atoms. The highest BCUT2D eigenvalue weighted by Crippen LogP contribution is 2.22. The van der Waals surface area contributed by atoms with Crippen molar-refractivity contribution in [3.05, 3.63) is 47.8 Å². The maximum atomic E-state index is 13.7. The molecule has 0 unspecified atom stereocenters. The first-order valence-electron chi connectivity index (χ1n) is 8.19. The quantitative estimate of drug-likeness (QED) is 0.468. The lowest BCUT2D eigenvalue weighted by Crippen LogP contribution is -2.22. The van der Waals surface area contributed by atoms with Gasteiger partial charge >= 0.3 is 0 Å². The van der Waals surface area contributed by atoms with Crippen molar-refractivity contribution in [2.75, 3.05) is 25.1 Å². The Bertz CT molecular complexity index is 867. The van der Waals surface area contributed by atoms with Gasteiger partial charge in [-0.1, -0.05) is 0 Å². The number of fused-ring (bicyclic) bond motifs is 1. The van der Waals surface area contributed by atoms with Gasteiger partial charge in [-0.05, 0) is 49.2 Å². The van der Waals surface area contributed by atoms with Gasteiger partial charge in [-0.3, -0.25) is 0 Å². The third-order valence-electron chi connectivity index (χ3n) is 4.05. The molecule has 0 radical (unpaired) electrons. The van der Waals surface area contributed by atoms with Gasteiger partial charge < -0.3 is 14.2 Å². The molecule has 3 aromatic rings. The van der Waals surface area contributed by atoms with Crippen molar-refractivity contribution in [1.82, 2.24) is 14.5 Å². The van der Waals surface area contributed by atoms with Crippen molar-refractivity contribution < 1.29 is 9.13 Å². The summed E-state index contributed by atoms with van der Waals surface area (Å²) >= 11 is 5.72. The predicted molar refractivity (Wildman–Crippen MR) is 98.0 cm³/mol. The van der Waals surface area contributed by atoms with Gasteiger partial charge in [0.25, 0.3) is 0 Å². The van der Waals surface area contributed by atoms with Gasteiger partial charge in [0.05, 0.1) is 12.8 Å². The molecule has 0 saturated carbocycles. The summed E-state index contributed by atoms with van der Waals surface area (Å²) in [6, 6.07) is 8.16. The summed E-state index contributed by atoms with van der Waals surface area (Å²) in [7, 11) is 1.77. The third-order valence-corrected chi connectivity index (χ3v) is 4.23. The molecular formula is C18H20ClFN4O. The first-order valence-corrected chi connectivity index (χ1v) is 8.57. The van der Waals surface area contributed by atoms with Crippen LogP contribution < -0.4 is 9.64 Å². The Labute approximate surface area is 151 Å². The molecule has 0 N–H and O–H groups in total. The van der Waals surface area contributed by atoms with E-state index in [0.717, 1.165) is 30.3 Å². The van der Waals surface area contributed by atoms with E-state index in [2.05, 4.69) is 39.8 Å². The van der Waals surface area contributed by atoms with E-state index in [0.29, 0.717) is 13.2 Å². The Morgan fingerprint density at radius 2 is 2.16 bits per heavy atom. The number of hydrogen-bond donors (Lipinski definition) is 0. The van der Waals surface area contributed by atoms with E-state index in [1.54, 1.807) is 11.9 Å². The summed E-state index contributed by atoms with van der Waals surface area (Å²) in [5.41, 5.74) is 1.20. The number of halogens is 2. The van der Waals surface area contributed by atoms with Crippen LogP contribution in [0.1, 0.15) is 13.3 Å². The molecule has 0 aliphatic rings. The van der Waals surface area contributed by atoms with Crippen LogP contribution in [0, 0.1) is 5.82 Å². The van der Waals surface area contributed by atoms with E-state index in [1.807, 2.05) is 12.1 Å². The van der Waals surface area contributed by atoms with Gasteiger partial charge in [0.1, 0.15) is 5.75 Å². The Hall–Kier alpha value is -2.34. The molecular weight excluding hydrogens is 343 g/mol. The molecule has 0 atom stereocenters. The van der Waals surface area contributed by atoms with Crippen molar-refractivity contribution in [1.29, 1.82) is 0 Å². The lowest BCUT2D eigenvalue weighted by atomic mass is 10.2. The fraction of sp³-hybridized carbons (Fsp3) is 0.333. The molecule has 2 aromatic heterocycles. The van der Waals surface area contributed by atoms with Crippen LogP contribution in [-0.4, -0.2) is 34.7 Å². The molecule has 7 heteroatoms. The van der Waals surface area contributed by atoms with Crippen LogP contribution in [0.5, 0.6) is 5.75 Å². The standard InChI is InChI=1S/C18H20ClFN4O/c1-3-24-9-7-13-11-14(5-6-16(13)24)25-10-4-8-23(2)17-15(20)12-21-18(19)22-17/h5-7,9,11-12H,3-4,8,10H2,1-2H3. The van der Waals surface area contributed by atoms with Crippen molar-refractivity contribution in [3.63, 3.8) is 0 Å². The summed E-state index contributed by atoms with van der Waals surface area (Å²) in [4.78, 5) is 9.24. The van der Waals surface area contributed by atoms with Gasteiger partial charge in [-0.2, -0.15) is 4.98 Å². The highest BCUT2D eigenvalue weighted by Gasteiger charge is 2.11. The molecule has 5 nitrogen and oxygen atoms in total. The number of rotatable bonds is 7. The number of nitrogens with zero attached hydrogens (tertiary/aromatic N) is 4. The van der Waals surface area contributed by atoms with Crippen molar-refractivity contribution in [3.8, 4) is 5.75 Å². The maximum Gasteiger partial charge on any atom is 0.224 e. The second-order valence-electron chi connectivity index (χ2n) is 5.76. The van der Waals surface area contributed by atoms with Crippen molar-refractivity contribution in [2.45, 2.75) is 19.9 Å². The molecule has 3 rings (SSSR count). The zero-order valence-corrected chi connectivity index (χ0v) is 15.0. The van der Waals surface area contributed by atoms with E-state index in [9.17, 15) is 4.39 Å². The second-order valence-corrected chi connectivity index (χ2v) is 6.09. The zero-order valence-electron chi connectivity index (χ0n) is 14.2. The van der Waals surface area contributed by atoms with Crippen LogP contribution in [-0.2, 0) is 6.54 Å². The number of hydrogen-bond acceptors (Lipinski definition) is 4. The Morgan fingerprint density at radius 3 is 2.96 bits per heavy atom. The summed E-state index contributed by atoms with van der Waals surface area (Å²) in [6.07, 6.45) is 3.88. The minimum atomic E-state index is -0.487. The summed E-state index contributed by atoms with van der Waals surface area (Å²) in [5, 5.41) is 1.20. The van der Waals surface area contributed by atoms with Crippen LogP contribution in [0.3, 0.4) is 0 Å². The molecule has 0 aliphatic heterocycles. The second kappa shape index (κ2) is 7.70. The minimum Gasteiger partial charge on any atom is -0.494 e. The summed E-state index contributed by atoms with van der Waals surface area (Å²) in [5.74, 6) is 0.543. The Balaban J connectivity index is 1.53. The van der Waals surface area contributed by atoms with Gasteiger partial charge in [0, 0.05) is 37.2 Å². The van der Waals surface area contributed by atoms with Crippen LogP contribution in [0.15, 0.2) is 36.7 Å². The maximum absolute atomic E-state index is 13.7. The van der Waals surface area contributed by atoms with Gasteiger partial charge in [0.15, 0.2) is 11.6 Å². The van der Waals surface area contributed by atoms with E-state index in [-0.39, 0.29) is 11.1 Å². The van der Waals surface area contributed by atoms with Crippen LogP contribution in [0.4, 0.5) is 10.2 Å². The Morgan fingerprint density at radius 1 is 1.32 bits per heavy atom. The summed E-state index contributed by atoms with van der Waals surface area (Å²) in [6.45, 7) is 4.19. The molecule has 1 aromatic carbocycles. The van der Waals surface area contributed by atoms with Crippen molar-refractivity contribution >= 4 is 28.3 Å². The van der Waals surface area contributed by atoms with Crippen LogP contribution in [0.2, 0.25) is 5.28 Å². The average molecular weight is 363 g/mol. The SMILES string of the molecule is CCn1ccc2cc(OCCCN(C)c3nc(Cl)ncc3F)ccc21. The van der Waals surface area contributed by atoms with Crippen LogP contribution >= 0.6 is 11.6 Å². The number of aryl methyl sites for hydroxylation is 1. The average Bonchev–Trinajstić information content (AvgIpc) is 3.03. The zero-order chi connectivity index (χ0) is 17.8. The van der Waals surface area contributed by atoms with Gasteiger partial charge in [-0.15, -0.1) is 0 Å². The summed E-state index contributed by atoms with van der Waals surface area (Å²) < 4.78 is 21.7. The first-order chi connectivity index (χ1) is 12.1. The lowest BCUT2D eigenvalue weighted by molar-refractivity contribution is 0.312. The van der Waals surface area contributed by atoms with Crippen LogP contribution in [0.25, 0.3) is 10.9 Å². The number of ether oxygens (including phenoxy) is 1. The third kappa shape index (κ3) is 4.02. The van der Waals surface area contributed by atoms with Gasteiger partial charge in [0.2, 0.25) is 5.28 Å². The molecule has 0 aliphatic carbocycles. The number of anilines is 1. The van der Waals surface area contributed by atoms with E-state index in [4.69, 9.17) is 16.3 Å². The molecule has 0 saturated heterocycles. The molecule has 0 spiro atoms. The lowest BCUT2D eigenvalue weighted by Gasteiger charge is -2.18. The minimum absolute atomic E-state index is 0.0341. The van der Waals surface area contributed by atoms with E-state index in [1.165, 1.54) is 5.52 Å². The molecule has 132 valence electrons. The predicted octanol–water partition coefficient (Wildman–Crippen LogP) is 4.15. The number of aromatic nitrogens is 3. The molecule has 2 heterocycles. The molecule has 0 amide bonds. The van der Waals surface area contributed by atoms with Gasteiger partial charge in [-0.25, -0.2) is 9.37 Å². The first kappa shape index (κ1) is 17.5. The fourth-order valence-electron chi connectivity index (χ4n) is 2.75. The van der Waals surface area contributed by atoms with E-state index >= 15 is 0 Å². The molecule has 0 fully saturated rings. The highest BCUT2D eigenvalue weighted by atomic mass is 35.5. The topological polar surface area (TPSA) is 43.2 Å². The fourth-order valence-corrected chi connectivity index (χ4v) is 2.88. The van der Waals surface area contributed by atoms with E-state index < -0.39 is 5.82 Å². The molecule has 25 heavy (non-hydrogen) atoms. The normalized spacial score (nSPS) is 11.0. The largest absolute Gasteiger partial charge is 0.494 e. The Kier molecular flexibility index (Phi) is 5.38. The smallest absolute Gasteiger partial charge is 0.224 e. The number of benzene rings is 1. The van der Waals surface area contributed by atoms with Crippen molar-refractivity contribution in [2.24, 2.45) is 0 Å². The highest BCUT2D eigenvalue weighted by molar-refractivity contribution is 6.28. The monoisotopic (exact) mass is 362 g/mol.